The van der Waals surface area contributed by atoms with Crippen LogP contribution in [0.2, 0.25) is 0 Å². The van der Waals surface area contributed by atoms with Crippen molar-refractivity contribution in [1.82, 2.24) is 18.7 Å². The maximum atomic E-state index is 11.2. The Bertz CT molecular complexity index is 536. The third-order valence-electron chi connectivity index (χ3n) is 3.15. The number of hydrogen-bond acceptors (Lipinski definition) is 8. The summed E-state index contributed by atoms with van der Waals surface area (Å²) in [5.41, 5.74) is 0. The molecule has 0 aromatic carbocycles. The second-order valence-electron chi connectivity index (χ2n) is 6.22. The van der Waals surface area contributed by atoms with Crippen LogP contribution in [0, 0.1) is 0 Å². The van der Waals surface area contributed by atoms with Gasteiger partial charge in [0, 0.05) is 0 Å². The highest BCUT2D eigenvalue weighted by Gasteiger charge is 2.21. The van der Waals surface area contributed by atoms with E-state index in [0.29, 0.717) is 0 Å². The second-order valence-corrected chi connectivity index (χ2v) is 16.8. The van der Waals surface area contributed by atoms with Gasteiger partial charge in [0.2, 0.25) is 0 Å². The van der Waals surface area contributed by atoms with E-state index < -0.39 is 41.9 Å². The van der Waals surface area contributed by atoms with E-state index in [1.165, 1.54) is 56.4 Å². The minimum atomic E-state index is -3.97. The minimum Gasteiger partial charge on any atom is -0.787 e. The summed E-state index contributed by atoms with van der Waals surface area (Å²) in [6.45, 7) is 0. The van der Waals surface area contributed by atoms with E-state index in [-0.39, 0.29) is 22.3 Å². The summed E-state index contributed by atoms with van der Waals surface area (Å²) >= 11 is 0. The number of nitrogens with zero attached hydrogens (tertiary/aromatic N) is 4. The second kappa shape index (κ2) is 14.6. The highest BCUT2D eigenvalue weighted by atomic mass is 31.2. The molecule has 0 saturated heterocycles. The first-order valence-electron chi connectivity index (χ1n) is 7.10. The average molecular weight is 504 g/mol. The molecule has 29 heavy (non-hydrogen) atoms. The van der Waals surface area contributed by atoms with Crippen LogP contribution in [-0.4, -0.2) is 86.9 Å². The summed E-state index contributed by atoms with van der Waals surface area (Å²) < 4.78 is 48.5. The van der Waals surface area contributed by atoms with Crippen molar-refractivity contribution in [1.29, 1.82) is 0 Å². The Balaban J connectivity index is -0.000000120. The van der Waals surface area contributed by atoms with Gasteiger partial charge in [-0.3, -0.25) is 18.7 Å². The van der Waals surface area contributed by atoms with Crippen molar-refractivity contribution in [3.05, 3.63) is 0 Å². The van der Waals surface area contributed by atoms with Gasteiger partial charge in [-0.25, -0.2) is 0 Å². The normalized spacial score (nSPS) is 19.3. The molecule has 0 aliphatic rings. The molecule has 0 aliphatic heterocycles. The van der Waals surface area contributed by atoms with Crippen LogP contribution in [0.4, 0.5) is 0 Å². The third kappa shape index (κ3) is 15.1. The van der Waals surface area contributed by atoms with Crippen LogP contribution in [0.1, 0.15) is 22.3 Å². The molecule has 0 fully saturated rings. The van der Waals surface area contributed by atoms with Gasteiger partial charge in [-0.05, 0) is 56.4 Å². The Morgan fingerprint density at radius 3 is 0.621 bits per heavy atom. The average Bonchev–Trinajstić information content (AvgIpc) is 2.36. The predicted molar refractivity (Wildman–Crippen MR) is 115 cm³/mol. The SMILES string of the molecule is C.C.C.CN(C)P(=O)([O-])CP(=O)([O-])N(C)C.CN(C)P(=O)([O-])CP(=O)([O-])N(C)C. The molecule has 0 N–H and O–H groups in total. The zero-order valence-electron chi connectivity index (χ0n) is 16.3. The fraction of sp³-hybridized carbons (Fsp3) is 1.00. The quantitative estimate of drug-likeness (QED) is 0.413. The van der Waals surface area contributed by atoms with Gasteiger partial charge in [0.15, 0.2) is 0 Å². The lowest BCUT2D eigenvalue weighted by Crippen LogP contribution is -2.27. The van der Waals surface area contributed by atoms with Crippen molar-refractivity contribution >= 4 is 30.1 Å². The Kier molecular flexibility index (Phi) is 20.2. The Morgan fingerprint density at radius 2 is 0.552 bits per heavy atom. The first-order valence-corrected chi connectivity index (χ1v) is 14.2. The molecule has 0 aromatic heterocycles. The molecule has 0 aromatic rings. The topological polar surface area (TPSA) is 173 Å². The maximum absolute atomic E-state index is 11.2. The van der Waals surface area contributed by atoms with E-state index in [1.54, 1.807) is 0 Å². The van der Waals surface area contributed by atoms with Crippen LogP contribution in [0.15, 0.2) is 0 Å². The molecule has 0 radical (unpaired) electrons. The fourth-order valence-corrected chi connectivity index (χ4v) is 8.62. The molecular formula is C13H40N4O8P4-4. The molecular weight excluding hydrogens is 464 g/mol. The first-order chi connectivity index (χ1) is 11.2. The molecule has 4 atom stereocenters. The monoisotopic (exact) mass is 504 g/mol. The molecule has 0 rings (SSSR count). The molecule has 0 spiro atoms. The van der Waals surface area contributed by atoms with Crippen LogP contribution in [-0.2, 0) is 18.3 Å². The summed E-state index contributed by atoms with van der Waals surface area (Å²) in [5, 5.41) is 0. The highest BCUT2D eigenvalue weighted by Crippen LogP contribution is 2.54. The largest absolute Gasteiger partial charge is 0.787 e. The lowest BCUT2D eigenvalue weighted by atomic mass is 11.3. The molecule has 12 nitrogen and oxygen atoms in total. The lowest BCUT2D eigenvalue weighted by molar-refractivity contribution is -0.195. The van der Waals surface area contributed by atoms with Crippen LogP contribution in [0.25, 0.3) is 0 Å². The Labute approximate surface area is 177 Å². The van der Waals surface area contributed by atoms with Gasteiger partial charge in [-0.1, -0.05) is 22.3 Å². The van der Waals surface area contributed by atoms with Gasteiger partial charge in [0.1, 0.15) is 0 Å². The van der Waals surface area contributed by atoms with Crippen molar-refractivity contribution in [2.75, 3.05) is 68.2 Å². The Hall–Kier alpha value is 0.600. The first kappa shape index (κ1) is 40.0. The summed E-state index contributed by atoms with van der Waals surface area (Å²) in [6, 6.07) is 0. The standard InChI is InChI=1S/2C5H16N2O4P2.3CH4/c2*1-6(2)12(8,9)5-13(10,11)7(3)4;;;/h2*5H2,1-4H3,(H,8,9)(H,10,11);3*1H4/p-4. The van der Waals surface area contributed by atoms with E-state index in [0.717, 1.165) is 18.7 Å². The maximum Gasteiger partial charge on any atom is 0.0863 e. The highest BCUT2D eigenvalue weighted by molar-refractivity contribution is 7.72. The smallest absolute Gasteiger partial charge is 0.0863 e. The molecule has 0 amide bonds. The molecule has 4 unspecified atom stereocenters. The Morgan fingerprint density at radius 1 is 0.448 bits per heavy atom. The number of hydrogen-bond donors (Lipinski definition) is 0. The van der Waals surface area contributed by atoms with E-state index >= 15 is 0 Å². The summed E-state index contributed by atoms with van der Waals surface area (Å²) in [4.78, 5) is 44.8. The zero-order chi connectivity index (χ0) is 21.7. The van der Waals surface area contributed by atoms with Crippen LogP contribution in [0.3, 0.4) is 0 Å². The molecule has 0 saturated carbocycles. The molecule has 16 heteroatoms. The van der Waals surface area contributed by atoms with Crippen LogP contribution in [0.5, 0.6) is 0 Å². The van der Waals surface area contributed by atoms with Crippen molar-refractivity contribution in [3.8, 4) is 0 Å². The van der Waals surface area contributed by atoms with Crippen molar-refractivity contribution in [2.45, 2.75) is 22.3 Å². The van der Waals surface area contributed by atoms with E-state index in [9.17, 15) is 37.8 Å². The summed E-state index contributed by atoms with van der Waals surface area (Å²) in [7, 11) is -5.42. The van der Waals surface area contributed by atoms with Crippen molar-refractivity contribution in [2.24, 2.45) is 0 Å². The molecule has 0 bridgehead atoms. The third-order valence-corrected chi connectivity index (χ3v) is 13.7. The molecule has 184 valence electrons. The summed E-state index contributed by atoms with van der Waals surface area (Å²) in [6.07, 6.45) is 0. The van der Waals surface area contributed by atoms with Crippen molar-refractivity contribution < 1.29 is 37.8 Å². The van der Waals surface area contributed by atoms with E-state index in [4.69, 9.17) is 0 Å². The zero-order valence-corrected chi connectivity index (χ0v) is 19.8. The van der Waals surface area contributed by atoms with E-state index in [1.807, 2.05) is 0 Å². The van der Waals surface area contributed by atoms with Crippen molar-refractivity contribution in [3.63, 3.8) is 0 Å². The predicted octanol–water partition coefficient (Wildman–Crippen LogP) is 0.256. The van der Waals surface area contributed by atoms with Gasteiger partial charge in [-0.2, -0.15) is 0 Å². The van der Waals surface area contributed by atoms with Gasteiger partial charge in [0.05, 0.1) is 41.9 Å². The number of rotatable bonds is 8. The fourth-order valence-electron chi connectivity index (χ4n) is 0.958. The molecule has 0 heterocycles. The summed E-state index contributed by atoms with van der Waals surface area (Å²) in [5.74, 6) is -1.67. The lowest BCUT2D eigenvalue weighted by Gasteiger charge is -2.38. The van der Waals surface area contributed by atoms with E-state index in [2.05, 4.69) is 0 Å². The minimum absolute atomic E-state index is 0. The van der Waals surface area contributed by atoms with Gasteiger partial charge in [-0.15, -0.1) is 0 Å². The van der Waals surface area contributed by atoms with Gasteiger partial charge < -0.3 is 37.8 Å². The van der Waals surface area contributed by atoms with Gasteiger partial charge >= 0.3 is 0 Å². The van der Waals surface area contributed by atoms with Gasteiger partial charge in [0.25, 0.3) is 0 Å². The van der Waals surface area contributed by atoms with Crippen LogP contribution < -0.4 is 19.6 Å². The van der Waals surface area contributed by atoms with Crippen LogP contribution >= 0.6 is 30.1 Å². The molecule has 0 aliphatic carbocycles.